The normalized spacial score (nSPS) is 16.9. The van der Waals surface area contributed by atoms with Gasteiger partial charge in [0, 0.05) is 24.0 Å². The first-order chi connectivity index (χ1) is 15.8. The van der Waals surface area contributed by atoms with Crippen molar-refractivity contribution in [2.75, 3.05) is 26.3 Å². The van der Waals surface area contributed by atoms with Crippen molar-refractivity contribution in [3.63, 3.8) is 0 Å². The minimum Gasteiger partial charge on any atom is -0.438 e. The second-order valence-electron chi connectivity index (χ2n) is 8.17. The molecule has 32 heavy (non-hydrogen) atoms. The van der Waals surface area contributed by atoms with Crippen LogP contribution in [-0.2, 0) is 24.1 Å². The highest BCUT2D eigenvalue weighted by Gasteiger charge is 2.23. The third-order valence-electron chi connectivity index (χ3n) is 6.02. The Morgan fingerprint density at radius 1 is 1.09 bits per heavy atom. The quantitative estimate of drug-likeness (QED) is 0.460. The fourth-order valence-corrected chi connectivity index (χ4v) is 5.69. The number of nitrogens with zero attached hydrogens (tertiary/aromatic N) is 6. The molecule has 4 aromatic rings. The summed E-state index contributed by atoms with van der Waals surface area (Å²) in [6.45, 7) is 4.02. The van der Waals surface area contributed by atoms with E-state index < -0.39 is 0 Å². The highest BCUT2D eigenvalue weighted by molar-refractivity contribution is 7.18. The van der Waals surface area contributed by atoms with Crippen molar-refractivity contribution in [2.45, 2.75) is 32.2 Å². The van der Waals surface area contributed by atoms with Gasteiger partial charge in [0.1, 0.15) is 16.4 Å². The van der Waals surface area contributed by atoms with Gasteiger partial charge in [0.15, 0.2) is 0 Å². The molecular formula is C23H24N6O2S. The maximum Gasteiger partial charge on any atom is 0.231 e. The van der Waals surface area contributed by atoms with Crippen LogP contribution in [0.3, 0.4) is 0 Å². The van der Waals surface area contributed by atoms with Crippen LogP contribution in [-0.4, -0.2) is 56.2 Å². The van der Waals surface area contributed by atoms with Gasteiger partial charge in [0.2, 0.25) is 5.88 Å². The van der Waals surface area contributed by atoms with E-state index in [9.17, 15) is 0 Å². The zero-order valence-electron chi connectivity index (χ0n) is 17.7. The third kappa shape index (κ3) is 3.87. The number of morpholine rings is 1. The monoisotopic (exact) mass is 448 g/mol. The van der Waals surface area contributed by atoms with E-state index in [0.717, 1.165) is 66.6 Å². The summed E-state index contributed by atoms with van der Waals surface area (Å²) in [5, 5.41) is 9.07. The summed E-state index contributed by atoms with van der Waals surface area (Å²) in [6.07, 6.45) is 8.11. The molecule has 0 spiro atoms. The molecular weight excluding hydrogens is 424 g/mol. The first-order valence-electron chi connectivity index (χ1n) is 11.1. The molecule has 0 radical (unpaired) electrons. The highest BCUT2D eigenvalue weighted by atomic mass is 32.1. The van der Waals surface area contributed by atoms with Crippen molar-refractivity contribution in [3.8, 4) is 17.3 Å². The molecule has 1 fully saturated rings. The number of aromatic nitrogens is 5. The number of hydrogen-bond acceptors (Lipinski definition) is 8. The Bertz CT molecular complexity index is 1230. The summed E-state index contributed by atoms with van der Waals surface area (Å²) in [5.41, 5.74) is 2.27. The van der Waals surface area contributed by atoms with E-state index in [1.54, 1.807) is 22.2 Å². The number of fused-ring (bicyclic) bond motifs is 3. The number of rotatable bonds is 5. The van der Waals surface area contributed by atoms with Crippen LogP contribution in [0.25, 0.3) is 15.9 Å². The number of aryl methyl sites for hydroxylation is 2. The fraction of sp³-hybridized carbons (Fsp3) is 0.391. The molecule has 0 bridgehead atoms. The third-order valence-corrected chi connectivity index (χ3v) is 7.20. The van der Waals surface area contributed by atoms with Crippen LogP contribution < -0.4 is 4.74 Å². The molecule has 0 unspecified atom stereocenters. The Balaban J connectivity index is 1.39. The van der Waals surface area contributed by atoms with Crippen LogP contribution >= 0.6 is 11.3 Å². The zero-order chi connectivity index (χ0) is 21.3. The van der Waals surface area contributed by atoms with Gasteiger partial charge in [0.25, 0.3) is 0 Å². The number of hydrogen-bond donors (Lipinski definition) is 0. The van der Waals surface area contributed by atoms with E-state index in [1.165, 1.54) is 23.3 Å². The van der Waals surface area contributed by atoms with E-state index in [0.29, 0.717) is 12.4 Å². The van der Waals surface area contributed by atoms with Crippen LogP contribution in [0.1, 0.15) is 29.1 Å². The molecule has 0 amide bonds. The Hall–Kier alpha value is -2.88. The van der Waals surface area contributed by atoms with Gasteiger partial charge in [-0.3, -0.25) is 4.90 Å². The Morgan fingerprint density at radius 3 is 2.88 bits per heavy atom. The van der Waals surface area contributed by atoms with E-state index >= 15 is 0 Å². The largest absolute Gasteiger partial charge is 0.438 e. The second kappa shape index (κ2) is 8.57. The number of ether oxygens (including phenoxy) is 2. The van der Waals surface area contributed by atoms with Gasteiger partial charge in [-0.25, -0.2) is 9.67 Å². The lowest BCUT2D eigenvalue weighted by atomic mass is 9.97. The maximum atomic E-state index is 6.44. The van der Waals surface area contributed by atoms with E-state index in [1.807, 2.05) is 30.5 Å². The van der Waals surface area contributed by atoms with E-state index in [2.05, 4.69) is 15.2 Å². The van der Waals surface area contributed by atoms with Crippen LogP contribution in [0.2, 0.25) is 0 Å². The van der Waals surface area contributed by atoms with E-state index in [-0.39, 0.29) is 0 Å². The van der Waals surface area contributed by atoms with Gasteiger partial charge in [-0.2, -0.15) is 4.98 Å². The molecule has 0 atom stereocenters. The van der Waals surface area contributed by atoms with Gasteiger partial charge in [-0.1, -0.05) is 11.3 Å². The molecule has 164 valence electrons. The lowest BCUT2D eigenvalue weighted by Crippen LogP contribution is -2.36. The molecule has 2 aliphatic rings. The molecule has 1 aliphatic carbocycles. The summed E-state index contributed by atoms with van der Waals surface area (Å²) in [6, 6.07) is 7.85. The van der Waals surface area contributed by atoms with Crippen molar-refractivity contribution in [1.82, 2.24) is 29.9 Å². The van der Waals surface area contributed by atoms with Gasteiger partial charge in [0.05, 0.1) is 43.2 Å². The van der Waals surface area contributed by atoms with Crippen LogP contribution in [0, 0.1) is 0 Å². The first-order valence-corrected chi connectivity index (χ1v) is 11.9. The molecule has 1 saturated heterocycles. The van der Waals surface area contributed by atoms with Crippen molar-refractivity contribution in [3.05, 3.63) is 52.9 Å². The highest BCUT2D eigenvalue weighted by Crippen LogP contribution is 2.41. The van der Waals surface area contributed by atoms with Crippen molar-refractivity contribution >= 4 is 21.6 Å². The molecule has 3 aromatic heterocycles. The summed E-state index contributed by atoms with van der Waals surface area (Å²) in [4.78, 5) is 14.7. The predicted molar refractivity (Wildman–Crippen MR) is 122 cm³/mol. The maximum absolute atomic E-state index is 6.44. The van der Waals surface area contributed by atoms with Crippen LogP contribution in [0.5, 0.6) is 11.6 Å². The van der Waals surface area contributed by atoms with Crippen LogP contribution in [0.4, 0.5) is 0 Å². The van der Waals surface area contributed by atoms with Gasteiger partial charge in [-0.05, 0) is 43.4 Å². The number of benzene rings is 1. The molecule has 1 aliphatic heterocycles. The zero-order valence-corrected chi connectivity index (χ0v) is 18.6. The molecule has 6 rings (SSSR count). The van der Waals surface area contributed by atoms with Crippen molar-refractivity contribution in [1.29, 1.82) is 0 Å². The summed E-state index contributed by atoms with van der Waals surface area (Å²) in [7, 11) is 0. The minimum atomic E-state index is 0.661. The molecule has 1 aromatic carbocycles. The topological polar surface area (TPSA) is 78.2 Å². The molecule has 0 N–H and O–H groups in total. The lowest BCUT2D eigenvalue weighted by molar-refractivity contribution is 0.0330. The van der Waals surface area contributed by atoms with Crippen LogP contribution in [0.15, 0.2) is 36.7 Å². The first kappa shape index (κ1) is 19.8. The lowest BCUT2D eigenvalue weighted by Gasteiger charge is -2.25. The Kier molecular flexibility index (Phi) is 5.30. The second-order valence-corrected chi connectivity index (χ2v) is 9.26. The summed E-state index contributed by atoms with van der Waals surface area (Å²) < 4.78 is 13.6. The molecule has 9 heteroatoms. The SMILES string of the molecule is c1cc(Oc2nc(CN3CCOCC3)nc3sc4c(c23)CCCC4)cc(-n2ccnn2)c1. The average molecular weight is 449 g/mol. The predicted octanol–water partition coefficient (Wildman–Crippen LogP) is 3.78. The van der Waals surface area contributed by atoms with Gasteiger partial charge >= 0.3 is 0 Å². The standard InChI is InChI=1S/C23H24N6O2S/c1-2-7-19-18(6-1)21-22(31-17-5-3-4-16(14-17)29-9-8-24-27-29)25-20(26-23(21)32-19)15-28-10-12-30-13-11-28/h3-5,8-9,14H,1-2,6-7,10-13,15H2. The molecule has 0 saturated carbocycles. The van der Waals surface area contributed by atoms with Crippen molar-refractivity contribution in [2.24, 2.45) is 0 Å². The molecule has 8 nitrogen and oxygen atoms in total. The van der Waals surface area contributed by atoms with Gasteiger partial charge in [-0.15, -0.1) is 16.4 Å². The minimum absolute atomic E-state index is 0.661. The summed E-state index contributed by atoms with van der Waals surface area (Å²) in [5.74, 6) is 2.19. The van der Waals surface area contributed by atoms with Gasteiger partial charge < -0.3 is 9.47 Å². The average Bonchev–Trinajstić information content (AvgIpc) is 3.48. The Morgan fingerprint density at radius 2 is 2.00 bits per heavy atom. The van der Waals surface area contributed by atoms with E-state index in [4.69, 9.17) is 19.4 Å². The molecule has 4 heterocycles. The van der Waals surface area contributed by atoms with Crippen molar-refractivity contribution < 1.29 is 9.47 Å². The summed E-state index contributed by atoms with van der Waals surface area (Å²) >= 11 is 1.81. The Labute approximate surface area is 189 Å². The fourth-order valence-electron chi connectivity index (χ4n) is 4.42. The smallest absolute Gasteiger partial charge is 0.231 e. The number of thiophene rings is 1.